The fraction of sp³-hybridized carbons (Fsp3) is 0.182. The summed E-state index contributed by atoms with van der Waals surface area (Å²) in [6, 6.07) is 7.68. The molecule has 15 heavy (non-hydrogen) atoms. The summed E-state index contributed by atoms with van der Waals surface area (Å²) < 4.78 is 4.63. The van der Waals surface area contributed by atoms with Crippen LogP contribution in [0.25, 0.3) is 10.9 Å². The number of fused-ring (bicyclic) bond motifs is 1. The Kier molecular flexibility index (Phi) is 2.92. The van der Waals surface area contributed by atoms with Crippen molar-refractivity contribution >= 4 is 29.0 Å². The lowest BCUT2D eigenvalue weighted by Crippen LogP contribution is -1.96. The van der Waals surface area contributed by atoms with Crippen molar-refractivity contribution in [3.05, 3.63) is 35.0 Å². The lowest BCUT2D eigenvalue weighted by atomic mass is 10.2. The molecule has 0 amide bonds. The summed E-state index contributed by atoms with van der Waals surface area (Å²) in [6.07, 6.45) is 0.686. The van der Waals surface area contributed by atoms with E-state index < -0.39 is 0 Å². The standard InChI is InChI=1S/C11H10ClNO2/c12-9-1-2-11-8(5-9)6-10(13-11)3-4-15-7-14/h1-2,5-7,13H,3-4H2. The summed E-state index contributed by atoms with van der Waals surface area (Å²) in [5, 5.41) is 1.79. The molecule has 78 valence electrons. The number of carbonyl (C=O) groups is 1. The molecule has 0 aliphatic carbocycles. The average Bonchev–Trinajstić information content (AvgIpc) is 2.60. The Hall–Kier alpha value is -1.48. The summed E-state index contributed by atoms with van der Waals surface area (Å²) in [5.74, 6) is 0. The first-order valence-electron chi connectivity index (χ1n) is 4.62. The van der Waals surface area contributed by atoms with Crippen molar-refractivity contribution < 1.29 is 9.53 Å². The maximum Gasteiger partial charge on any atom is 0.293 e. The van der Waals surface area contributed by atoms with E-state index in [2.05, 4.69) is 9.72 Å². The van der Waals surface area contributed by atoms with Crippen LogP contribution in [0, 0.1) is 0 Å². The van der Waals surface area contributed by atoms with Crippen LogP contribution >= 0.6 is 11.6 Å². The summed E-state index contributed by atoms with van der Waals surface area (Å²) >= 11 is 5.87. The maximum absolute atomic E-state index is 9.96. The number of nitrogens with one attached hydrogen (secondary N) is 1. The number of aromatic nitrogens is 1. The molecule has 0 spiro atoms. The molecule has 1 heterocycles. The van der Waals surface area contributed by atoms with Crippen molar-refractivity contribution in [1.82, 2.24) is 4.98 Å². The Labute approximate surface area is 92.0 Å². The van der Waals surface area contributed by atoms with Gasteiger partial charge in [-0.05, 0) is 24.3 Å². The van der Waals surface area contributed by atoms with Crippen LogP contribution < -0.4 is 0 Å². The predicted octanol–water partition coefficient (Wildman–Crippen LogP) is 2.54. The number of hydrogen-bond acceptors (Lipinski definition) is 2. The van der Waals surface area contributed by atoms with Gasteiger partial charge in [0.25, 0.3) is 6.47 Å². The Bertz CT molecular complexity index is 478. The smallest absolute Gasteiger partial charge is 0.293 e. The van der Waals surface area contributed by atoms with Crippen LogP contribution in [0.5, 0.6) is 0 Å². The van der Waals surface area contributed by atoms with Crippen LogP contribution in [-0.4, -0.2) is 18.1 Å². The zero-order chi connectivity index (χ0) is 10.7. The number of halogens is 1. The van der Waals surface area contributed by atoms with Gasteiger partial charge in [0.1, 0.15) is 0 Å². The lowest BCUT2D eigenvalue weighted by Gasteiger charge is -1.94. The van der Waals surface area contributed by atoms with E-state index in [1.165, 1.54) is 0 Å². The second-order valence-electron chi connectivity index (χ2n) is 3.24. The third-order valence-corrected chi connectivity index (χ3v) is 2.43. The first-order valence-corrected chi connectivity index (χ1v) is 5.00. The largest absolute Gasteiger partial charge is 0.467 e. The van der Waals surface area contributed by atoms with Crippen molar-refractivity contribution in [3.63, 3.8) is 0 Å². The monoisotopic (exact) mass is 223 g/mol. The Balaban J connectivity index is 2.19. The zero-order valence-electron chi connectivity index (χ0n) is 8.00. The molecular formula is C11H10ClNO2. The number of rotatable bonds is 4. The first kappa shape index (κ1) is 10.1. The molecule has 0 bridgehead atoms. The van der Waals surface area contributed by atoms with Gasteiger partial charge in [-0.15, -0.1) is 0 Å². The van der Waals surface area contributed by atoms with E-state index >= 15 is 0 Å². The molecule has 0 unspecified atom stereocenters. The van der Waals surface area contributed by atoms with Crippen LogP contribution in [0.15, 0.2) is 24.3 Å². The molecule has 0 fully saturated rings. The zero-order valence-corrected chi connectivity index (χ0v) is 8.75. The average molecular weight is 224 g/mol. The molecule has 0 saturated carbocycles. The van der Waals surface area contributed by atoms with Crippen LogP contribution in [0.3, 0.4) is 0 Å². The van der Waals surface area contributed by atoms with E-state index in [-0.39, 0.29) is 0 Å². The van der Waals surface area contributed by atoms with Gasteiger partial charge in [0.05, 0.1) is 6.61 Å². The van der Waals surface area contributed by atoms with Gasteiger partial charge in [0.15, 0.2) is 0 Å². The molecule has 0 aliphatic rings. The Morgan fingerprint density at radius 1 is 1.40 bits per heavy atom. The predicted molar refractivity (Wildman–Crippen MR) is 59.0 cm³/mol. The molecule has 0 atom stereocenters. The topological polar surface area (TPSA) is 42.1 Å². The van der Waals surface area contributed by atoms with Crippen LogP contribution in [0.4, 0.5) is 0 Å². The minimum Gasteiger partial charge on any atom is -0.467 e. The van der Waals surface area contributed by atoms with Crippen molar-refractivity contribution in [3.8, 4) is 0 Å². The fourth-order valence-corrected chi connectivity index (χ4v) is 1.70. The second-order valence-corrected chi connectivity index (χ2v) is 3.68. The number of ether oxygens (including phenoxy) is 1. The van der Waals surface area contributed by atoms with Gasteiger partial charge in [0, 0.05) is 28.0 Å². The van der Waals surface area contributed by atoms with Gasteiger partial charge in [-0.1, -0.05) is 11.6 Å². The molecule has 2 rings (SSSR count). The SMILES string of the molecule is O=COCCc1cc2cc(Cl)ccc2[nH]1. The molecule has 2 aromatic rings. The summed E-state index contributed by atoms with van der Waals surface area (Å²) in [7, 11) is 0. The highest BCUT2D eigenvalue weighted by molar-refractivity contribution is 6.31. The van der Waals surface area contributed by atoms with Gasteiger partial charge >= 0.3 is 0 Å². The van der Waals surface area contributed by atoms with E-state index in [0.717, 1.165) is 21.6 Å². The molecule has 1 N–H and O–H groups in total. The maximum atomic E-state index is 9.96. The van der Waals surface area contributed by atoms with Gasteiger partial charge in [-0.3, -0.25) is 4.79 Å². The second kappa shape index (κ2) is 4.36. The van der Waals surface area contributed by atoms with Crippen LogP contribution in [0.2, 0.25) is 5.02 Å². The number of carbonyl (C=O) groups excluding carboxylic acids is 1. The molecule has 3 nitrogen and oxygen atoms in total. The Morgan fingerprint density at radius 2 is 2.27 bits per heavy atom. The minimum absolute atomic E-state index is 0.393. The number of H-pyrrole nitrogens is 1. The van der Waals surface area contributed by atoms with Crippen LogP contribution in [-0.2, 0) is 16.0 Å². The number of benzene rings is 1. The highest BCUT2D eigenvalue weighted by atomic mass is 35.5. The van der Waals surface area contributed by atoms with Crippen molar-refractivity contribution in [1.29, 1.82) is 0 Å². The van der Waals surface area contributed by atoms with E-state index in [9.17, 15) is 4.79 Å². The van der Waals surface area contributed by atoms with E-state index in [1.54, 1.807) is 0 Å². The molecule has 1 aromatic carbocycles. The Morgan fingerprint density at radius 3 is 3.07 bits per heavy atom. The molecule has 0 saturated heterocycles. The molecule has 0 radical (unpaired) electrons. The lowest BCUT2D eigenvalue weighted by molar-refractivity contribution is -0.128. The first-order chi connectivity index (χ1) is 7.29. The summed E-state index contributed by atoms with van der Waals surface area (Å²) in [5.41, 5.74) is 2.08. The van der Waals surface area contributed by atoms with Gasteiger partial charge in [0.2, 0.25) is 0 Å². The molecular weight excluding hydrogens is 214 g/mol. The summed E-state index contributed by atoms with van der Waals surface area (Å²) in [6.45, 7) is 0.851. The highest BCUT2D eigenvalue weighted by Crippen LogP contribution is 2.20. The quantitative estimate of drug-likeness (QED) is 0.639. The van der Waals surface area contributed by atoms with Crippen molar-refractivity contribution in [2.75, 3.05) is 6.61 Å². The van der Waals surface area contributed by atoms with Gasteiger partial charge in [-0.2, -0.15) is 0 Å². The third-order valence-electron chi connectivity index (χ3n) is 2.20. The van der Waals surface area contributed by atoms with Gasteiger partial charge in [-0.25, -0.2) is 0 Å². The highest BCUT2D eigenvalue weighted by Gasteiger charge is 2.01. The van der Waals surface area contributed by atoms with E-state index in [0.29, 0.717) is 19.5 Å². The molecule has 0 aliphatic heterocycles. The fourth-order valence-electron chi connectivity index (χ4n) is 1.52. The van der Waals surface area contributed by atoms with Gasteiger partial charge < -0.3 is 9.72 Å². The normalized spacial score (nSPS) is 10.5. The summed E-state index contributed by atoms with van der Waals surface area (Å²) in [4.78, 5) is 13.2. The minimum atomic E-state index is 0.393. The number of hydrogen-bond donors (Lipinski definition) is 1. The van der Waals surface area contributed by atoms with E-state index in [4.69, 9.17) is 11.6 Å². The molecule has 1 aromatic heterocycles. The van der Waals surface area contributed by atoms with Crippen molar-refractivity contribution in [2.24, 2.45) is 0 Å². The molecule has 4 heteroatoms. The number of aromatic amines is 1. The van der Waals surface area contributed by atoms with Crippen molar-refractivity contribution in [2.45, 2.75) is 6.42 Å². The van der Waals surface area contributed by atoms with Crippen LogP contribution in [0.1, 0.15) is 5.69 Å². The van der Waals surface area contributed by atoms with E-state index in [1.807, 2.05) is 24.3 Å². The third kappa shape index (κ3) is 2.30.